The Bertz CT molecular complexity index is 924. The molecule has 25 heavy (non-hydrogen) atoms. The molecular formula is C20H16FN3O. The fourth-order valence-electron chi connectivity index (χ4n) is 3.04. The van der Waals surface area contributed by atoms with E-state index in [0.717, 1.165) is 24.3 Å². The molecule has 1 aliphatic rings. The lowest BCUT2D eigenvalue weighted by atomic mass is 10.2. The summed E-state index contributed by atoms with van der Waals surface area (Å²) in [6.07, 6.45) is 4.27. The second kappa shape index (κ2) is 6.36. The van der Waals surface area contributed by atoms with Gasteiger partial charge in [0.15, 0.2) is 0 Å². The van der Waals surface area contributed by atoms with Gasteiger partial charge in [-0.1, -0.05) is 18.2 Å². The fraction of sp³-hybridized carbons (Fsp3) is 0.100. The van der Waals surface area contributed by atoms with E-state index < -0.39 is 0 Å². The molecule has 0 saturated heterocycles. The van der Waals surface area contributed by atoms with Crippen LogP contribution in [-0.4, -0.2) is 17.4 Å². The molecule has 0 radical (unpaired) electrons. The molecular weight excluding hydrogens is 317 g/mol. The van der Waals surface area contributed by atoms with Crippen LogP contribution in [0.25, 0.3) is 0 Å². The van der Waals surface area contributed by atoms with Crippen LogP contribution in [0.2, 0.25) is 0 Å². The van der Waals surface area contributed by atoms with Crippen LogP contribution in [0.5, 0.6) is 0 Å². The Morgan fingerprint density at radius 2 is 1.88 bits per heavy atom. The van der Waals surface area contributed by atoms with Crippen LogP contribution in [0, 0.1) is 5.82 Å². The summed E-state index contributed by atoms with van der Waals surface area (Å²) in [6, 6.07) is 15.7. The topological polar surface area (TPSA) is 45.2 Å². The first kappa shape index (κ1) is 15.3. The Morgan fingerprint density at radius 1 is 1.08 bits per heavy atom. The number of nitrogens with one attached hydrogen (secondary N) is 1. The number of anilines is 3. The third-order valence-corrected chi connectivity index (χ3v) is 4.29. The third kappa shape index (κ3) is 3.08. The van der Waals surface area contributed by atoms with E-state index in [4.69, 9.17) is 0 Å². The van der Waals surface area contributed by atoms with E-state index >= 15 is 0 Å². The van der Waals surface area contributed by atoms with Crippen molar-refractivity contribution in [1.29, 1.82) is 0 Å². The van der Waals surface area contributed by atoms with E-state index in [1.807, 2.05) is 18.2 Å². The van der Waals surface area contributed by atoms with E-state index in [2.05, 4.69) is 27.3 Å². The van der Waals surface area contributed by atoms with Crippen LogP contribution >= 0.6 is 0 Å². The van der Waals surface area contributed by atoms with Crippen molar-refractivity contribution < 1.29 is 9.18 Å². The Hall–Kier alpha value is -3.21. The number of hydrogen-bond donors (Lipinski definition) is 1. The van der Waals surface area contributed by atoms with Gasteiger partial charge in [0.25, 0.3) is 5.91 Å². The lowest BCUT2D eigenvalue weighted by Gasteiger charge is -2.19. The lowest BCUT2D eigenvalue weighted by molar-refractivity contribution is 0.102. The summed E-state index contributed by atoms with van der Waals surface area (Å²) < 4.78 is 13.0. The number of carbonyl (C=O) groups is 1. The lowest BCUT2D eigenvalue weighted by Crippen LogP contribution is -2.16. The van der Waals surface area contributed by atoms with E-state index in [1.54, 1.807) is 6.20 Å². The van der Waals surface area contributed by atoms with Crippen molar-refractivity contribution in [2.45, 2.75) is 6.42 Å². The zero-order valence-electron chi connectivity index (χ0n) is 13.4. The molecule has 0 atom stereocenters. The zero-order valence-corrected chi connectivity index (χ0v) is 13.4. The Morgan fingerprint density at radius 3 is 2.72 bits per heavy atom. The molecule has 0 saturated carbocycles. The smallest absolute Gasteiger partial charge is 0.257 e. The van der Waals surface area contributed by atoms with Crippen LogP contribution in [-0.2, 0) is 6.42 Å². The summed E-state index contributed by atoms with van der Waals surface area (Å²) in [4.78, 5) is 18.8. The first-order chi connectivity index (χ1) is 12.2. The summed E-state index contributed by atoms with van der Waals surface area (Å²) in [5, 5.41) is 2.76. The van der Waals surface area contributed by atoms with Gasteiger partial charge in [-0.2, -0.15) is 0 Å². The van der Waals surface area contributed by atoms with Gasteiger partial charge in [0.05, 0.1) is 17.4 Å². The zero-order chi connectivity index (χ0) is 17.2. The number of nitrogens with zero attached hydrogens (tertiary/aromatic N) is 2. The third-order valence-electron chi connectivity index (χ3n) is 4.29. The second-order valence-electron chi connectivity index (χ2n) is 5.92. The largest absolute Gasteiger partial charge is 0.340 e. The van der Waals surface area contributed by atoms with Crippen molar-refractivity contribution in [3.05, 3.63) is 83.9 Å². The van der Waals surface area contributed by atoms with Crippen LogP contribution in [0.4, 0.5) is 21.5 Å². The summed E-state index contributed by atoms with van der Waals surface area (Å²) in [6.45, 7) is 0.865. The SMILES string of the molecule is O=C(Nc1ccc(F)cc1)c1cncc(N2CCc3ccccc32)c1. The summed E-state index contributed by atoms with van der Waals surface area (Å²) in [5.74, 6) is -0.609. The molecule has 2 heterocycles. The van der Waals surface area contributed by atoms with E-state index in [-0.39, 0.29) is 11.7 Å². The molecule has 0 aliphatic carbocycles. The minimum atomic E-state index is -0.339. The number of fused-ring (bicyclic) bond motifs is 1. The quantitative estimate of drug-likeness (QED) is 0.782. The van der Waals surface area contributed by atoms with Gasteiger partial charge in [-0.25, -0.2) is 4.39 Å². The maximum absolute atomic E-state index is 13.0. The van der Waals surface area contributed by atoms with Gasteiger partial charge in [-0.15, -0.1) is 0 Å². The summed E-state index contributed by atoms with van der Waals surface area (Å²) >= 11 is 0. The highest BCUT2D eigenvalue weighted by molar-refractivity contribution is 6.04. The van der Waals surface area contributed by atoms with Crippen molar-refractivity contribution in [3.8, 4) is 0 Å². The minimum Gasteiger partial charge on any atom is -0.340 e. The number of hydrogen-bond acceptors (Lipinski definition) is 3. The average molecular weight is 333 g/mol. The van der Waals surface area contributed by atoms with Crippen molar-refractivity contribution >= 4 is 23.0 Å². The molecule has 0 spiro atoms. The number of halogens is 1. The maximum Gasteiger partial charge on any atom is 0.257 e. The van der Waals surface area contributed by atoms with Gasteiger partial charge >= 0.3 is 0 Å². The van der Waals surface area contributed by atoms with E-state index in [9.17, 15) is 9.18 Å². The Kier molecular flexibility index (Phi) is 3.90. The normalized spacial score (nSPS) is 12.8. The molecule has 124 valence electrons. The number of aromatic nitrogens is 1. The molecule has 1 amide bonds. The fourth-order valence-corrected chi connectivity index (χ4v) is 3.04. The number of rotatable bonds is 3. The van der Waals surface area contributed by atoms with Gasteiger partial charge in [-0.3, -0.25) is 9.78 Å². The van der Waals surface area contributed by atoms with Crippen LogP contribution in [0.3, 0.4) is 0 Å². The number of benzene rings is 2. The molecule has 1 aromatic heterocycles. The molecule has 1 aliphatic heterocycles. The second-order valence-corrected chi connectivity index (χ2v) is 5.92. The highest BCUT2D eigenvalue weighted by Gasteiger charge is 2.20. The van der Waals surface area contributed by atoms with Gasteiger partial charge in [-0.05, 0) is 48.4 Å². The van der Waals surface area contributed by atoms with Gasteiger partial charge in [0.2, 0.25) is 0 Å². The number of pyridine rings is 1. The molecule has 1 N–H and O–H groups in total. The van der Waals surface area contributed by atoms with E-state index in [0.29, 0.717) is 11.3 Å². The maximum atomic E-state index is 13.0. The predicted octanol–water partition coefficient (Wildman–Crippen LogP) is 4.17. The molecule has 0 bridgehead atoms. The highest BCUT2D eigenvalue weighted by atomic mass is 19.1. The molecule has 0 unspecified atom stereocenters. The number of para-hydroxylation sites is 1. The molecule has 2 aromatic carbocycles. The van der Waals surface area contributed by atoms with Crippen LogP contribution in [0.1, 0.15) is 15.9 Å². The van der Waals surface area contributed by atoms with Crippen molar-refractivity contribution in [3.63, 3.8) is 0 Å². The van der Waals surface area contributed by atoms with Gasteiger partial charge in [0.1, 0.15) is 5.82 Å². The van der Waals surface area contributed by atoms with Crippen LogP contribution < -0.4 is 10.2 Å². The molecule has 0 fully saturated rings. The molecule has 4 rings (SSSR count). The minimum absolute atomic E-state index is 0.270. The van der Waals surface area contributed by atoms with Crippen molar-refractivity contribution in [2.24, 2.45) is 0 Å². The molecule has 4 nitrogen and oxygen atoms in total. The standard InChI is InChI=1S/C20H16FN3O/c21-16-5-7-17(8-6-16)23-20(25)15-11-18(13-22-12-15)24-10-9-14-3-1-2-4-19(14)24/h1-8,11-13H,9-10H2,(H,23,25). The summed E-state index contributed by atoms with van der Waals surface area (Å²) in [7, 11) is 0. The highest BCUT2D eigenvalue weighted by Crippen LogP contribution is 2.34. The Labute approximate surface area is 144 Å². The molecule has 5 heteroatoms. The van der Waals surface area contributed by atoms with Gasteiger partial charge < -0.3 is 10.2 Å². The monoisotopic (exact) mass is 333 g/mol. The predicted molar refractivity (Wildman–Crippen MR) is 95.7 cm³/mol. The Balaban J connectivity index is 1.57. The number of amides is 1. The van der Waals surface area contributed by atoms with Crippen molar-refractivity contribution in [1.82, 2.24) is 4.98 Å². The summed E-state index contributed by atoms with van der Waals surface area (Å²) in [5.41, 5.74) is 4.34. The van der Waals surface area contributed by atoms with Crippen LogP contribution in [0.15, 0.2) is 67.0 Å². The number of carbonyl (C=O) groups excluding carboxylic acids is 1. The van der Waals surface area contributed by atoms with Crippen molar-refractivity contribution in [2.75, 3.05) is 16.8 Å². The molecule has 3 aromatic rings. The first-order valence-corrected chi connectivity index (χ1v) is 8.08. The van der Waals surface area contributed by atoms with E-state index in [1.165, 1.54) is 36.0 Å². The first-order valence-electron chi connectivity index (χ1n) is 8.08. The average Bonchev–Trinajstić information content (AvgIpc) is 3.08. The van der Waals surface area contributed by atoms with Gasteiger partial charge in [0, 0.05) is 24.1 Å².